The van der Waals surface area contributed by atoms with Crippen LogP contribution in [-0.4, -0.2) is 14.8 Å². The van der Waals surface area contributed by atoms with E-state index >= 15 is 0 Å². The summed E-state index contributed by atoms with van der Waals surface area (Å²) in [6, 6.07) is 8.72. The predicted octanol–water partition coefficient (Wildman–Crippen LogP) is 2.78. The van der Waals surface area contributed by atoms with Gasteiger partial charge in [0.05, 0.1) is 6.54 Å². The Kier molecular flexibility index (Phi) is 3.42. The summed E-state index contributed by atoms with van der Waals surface area (Å²) in [5, 5.41) is 11.4. The Labute approximate surface area is 102 Å². The highest BCUT2D eigenvalue weighted by Crippen LogP contribution is 2.11. The van der Waals surface area contributed by atoms with Crippen molar-refractivity contribution in [3.63, 3.8) is 0 Å². The lowest BCUT2D eigenvalue weighted by Crippen LogP contribution is -2.10. The van der Waals surface area contributed by atoms with Crippen LogP contribution in [0.4, 0.5) is 5.69 Å². The van der Waals surface area contributed by atoms with Crippen molar-refractivity contribution in [2.45, 2.75) is 33.4 Å². The minimum Gasteiger partial charge on any atom is -0.378 e. The molecule has 0 amide bonds. The van der Waals surface area contributed by atoms with Gasteiger partial charge in [0.15, 0.2) is 5.82 Å². The van der Waals surface area contributed by atoms with Gasteiger partial charge in [-0.2, -0.15) is 0 Å². The Morgan fingerprint density at radius 2 is 1.94 bits per heavy atom. The summed E-state index contributed by atoms with van der Waals surface area (Å²) in [6.45, 7) is 7.03. The molecule has 0 aliphatic carbocycles. The maximum atomic E-state index is 4.12. The smallest absolute Gasteiger partial charge is 0.152 e. The van der Waals surface area contributed by atoms with Gasteiger partial charge >= 0.3 is 0 Å². The standard InChI is InChI=1S/C13H18N4/c1-10(2)17-9-15-16-13(17)8-14-12-6-4-11(3)5-7-12/h4-7,9-10,14H,8H2,1-3H3. The fourth-order valence-corrected chi connectivity index (χ4v) is 1.68. The lowest BCUT2D eigenvalue weighted by Gasteiger charge is -2.11. The first-order valence-electron chi connectivity index (χ1n) is 5.85. The number of aromatic nitrogens is 3. The van der Waals surface area contributed by atoms with Gasteiger partial charge in [0.25, 0.3) is 0 Å². The molecule has 2 aromatic rings. The minimum absolute atomic E-state index is 0.389. The lowest BCUT2D eigenvalue weighted by molar-refractivity contribution is 0.572. The van der Waals surface area contributed by atoms with E-state index in [9.17, 15) is 0 Å². The zero-order chi connectivity index (χ0) is 12.3. The molecule has 2 rings (SSSR count). The molecule has 0 spiro atoms. The summed E-state index contributed by atoms with van der Waals surface area (Å²) >= 11 is 0. The Morgan fingerprint density at radius 1 is 1.24 bits per heavy atom. The largest absolute Gasteiger partial charge is 0.378 e. The van der Waals surface area contributed by atoms with Crippen molar-refractivity contribution in [1.29, 1.82) is 0 Å². The van der Waals surface area contributed by atoms with Crippen LogP contribution in [0.5, 0.6) is 0 Å². The van der Waals surface area contributed by atoms with Crippen molar-refractivity contribution >= 4 is 5.69 Å². The van der Waals surface area contributed by atoms with Crippen molar-refractivity contribution in [3.8, 4) is 0 Å². The van der Waals surface area contributed by atoms with E-state index < -0.39 is 0 Å². The first kappa shape index (κ1) is 11.6. The Balaban J connectivity index is 2.02. The molecule has 4 heteroatoms. The summed E-state index contributed by atoms with van der Waals surface area (Å²) < 4.78 is 2.07. The molecule has 0 saturated carbocycles. The second-order valence-electron chi connectivity index (χ2n) is 4.47. The third kappa shape index (κ3) is 2.84. The molecule has 0 atom stereocenters. The molecule has 0 unspecified atom stereocenters. The van der Waals surface area contributed by atoms with Gasteiger partial charge in [-0.3, -0.25) is 0 Å². The van der Waals surface area contributed by atoms with Crippen LogP contribution >= 0.6 is 0 Å². The first-order chi connectivity index (χ1) is 8.16. The Hall–Kier alpha value is -1.84. The number of hydrogen-bond donors (Lipinski definition) is 1. The number of hydrogen-bond acceptors (Lipinski definition) is 3. The van der Waals surface area contributed by atoms with Gasteiger partial charge in [-0.25, -0.2) is 0 Å². The molecule has 1 heterocycles. The van der Waals surface area contributed by atoms with Gasteiger partial charge in [-0.1, -0.05) is 17.7 Å². The van der Waals surface area contributed by atoms with Crippen LogP contribution in [0.3, 0.4) is 0 Å². The van der Waals surface area contributed by atoms with Crippen molar-refractivity contribution in [2.75, 3.05) is 5.32 Å². The molecule has 4 nitrogen and oxygen atoms in total. The third-order valence-electron chi connectivity index (χ3n) is 2.71. The van der Waals surface area contributed by atoms with Gasteiger partial charge in [-0.05, 0) is 32.9 Å². The van der Waals surface area contributed by atoms with Gasteiger partial charge in [0.1, 0.15) is 6.33 Å². The van der Waals surface area contributed by atoms with Crippen LogP contribution in [0.2, 0.25) is 0 Å². The topological polar surface area (TPSA) is 42.7 Å². The first-order valence-corrected chi connectivity index (χ1v) is 5.85. The molecule has 0 radical (unpaired) electrons. The van der Waals surface area contributed by atoms with E-state index in [-0.39, 0.29) is 0 Å². The zero-order valence-electron chi connectivity index (χ0n) is 10.5. The molecule has 0 aliphatic heterocycles. The van der Waals surface area contributed by atoms with E-state index in [4.69, 9.17) is 0 Å². The van der Waals surface area contributed by atoms with Crippen molar-refractivity contribution in [3.05, 3.63) is 42.0 Å². The van der Waals surface area contributed by atoms with Crippen LogP contribution in [0.1, 0.15) is 31.3 Å². The molecule has 1 aromatic carbocycles. The average molecular weight is 230 g/mol. The predicted molar refractivity (Wildman–Crippen MR) is 68.9 cm³/mol. The second kappa shape index (κ2) is 4.99. The van der Waals surface area contributed by atoms with E-state index in [2.05, 4.69) is 65.1 Å². The van der Waals surface area contributed by atoms with Gasteiger partial charge in [0, 0.05) is 11.7 Å². The van der Waals surface area contributed by atoms with Gasteiger partial charge in [0.2, 0.25) is 0 Å². The van der Waals surface area contributed by atoms with E-state index in [1.54, 1.807) is 6.33 Å². The highest BCUT2D eigenvalue weighted by Gasteiger charge is 2.06. The quantitative estimate of drug-likeness (QED) is 0.878. The van der Waals surface area contributed by atoms with Crippen molar-refractivity contribution < 1.29 is 0 Å². The maximum Gasteiger partial charge on any atom is 0.152 e. The summed E-state index contributed by atoms with van der Waals surface area (Å²) in [5.74, 6) is 0.959. The molecule has 0 bridgehead atoms. The lowest BCUT2D eigenvalue weighted by atomic mass is 10.2. The number of rotatable bonds is 4. The summed E-state index contributed by atoms with van der Waals surface area (Å²) in [6.07, 6.45) is 1.77. The van der Waals surface area contributed by atoms with E-state index in [0.29, 0.717) is 12.6 Å². The van der Waals surface area contributed by atoms with Crippen molar-refractivity contribution in [2.24, 2.45) is 0 Å². The molecule has 17 heavy (non-hydrogen) atoms. The fraction of sp³-hybridized carbons (Fsp3) is 0.385. The van der Waals surface area contributed by atoms with E-state index in [1.165, 1.54) is 5.56 Å². The maximum absolute atomic E-state index is 4.12. The van der Waals surface area contributed by atoms with Crippen LogP contribution in [0, 0.1) is 6.92 Å². The second-order valence-corrected chi connectivity index (χ2v) is 4.47. The molecular formula is C13H18N4. The molecule has 0 saturated heterocycles. The monoisotopic (exact) mass is 230 g/mol. The summed E-state index contributed by atoms with van der Waals surface area (Å²) in [5.41, 5.74) is 2.37. The highest BCUT2D eigenvalue weighted by atomic mass is 15.3. The molecule has 0 fully saturated rings. The van der Waals surface area contributed by atoms with Crippen LogP contribution in [-0.2, 0) is 6.54 Å². The molecule has 1 N–H and O–H groups in total. The highest BCUT2D eigenvalue weighted by molar-refractivity contribution is 5.44. The Morgan fingerprint density at radius 3 is 2.59 bits per heavy atom. The number of aryl methyl sites for hydroxylation is 1. The minimum atomic E-state index is 0.389. The average Bonchev–Trinajstić information content (AvgIpc) is 2.76. The normalized spacial score (nSPS) is 10.8. The molecule has 90 valence electrons. The molecular weight excluding hydrogens is 212 g/mol. The summed E-state index contributed by atoms with van der Waals surface area (Å²) in [4.78, 5) is 0. The van der Waals surface area contributed by atoms with E-state index in [0.717, 1.165) is 11.5 Å². The summed E-state index contributed by atoms with van der Waals surface area (Å²) in [7, 11) is 0. The Bertz CT molecular complexity index is 470. The van der Waals surface area contributed by atoms with Crippen LogP contribution < -0.4 is 5.32 Å². The van der Waals surface area contributed by atoms with Gasteiger partial charge < -0.3 is 9.88 Å². The molecule has 1 aromatic heterocycles. The number of nitrogens with one attached hydrogen (secondary N) is 1. The fourth-order valence-electron chi connectivity index (χ4n) is 1.68. The van der Waals surface area contributed by atoms with E-state index in [1.807, 2.05) is 0 Å². The van der Waals surface area contributed by atoms with Crippen LogP contribution in [0.25, 0.3) is 0 Å². The number of anilines is 1. The van der Waals surface area contributed by atoms with Crippen molar-refractivity contribution in [1.82, 2.24) is 14.8 Å². The zero-order valence-corrected chi connectivity index (χ0v) is 10.5. The third-order valence-corrected chi connectivity index (χ3v) is 2.71. The number of nitrogens with zero attached hydrogens (tertiary/aromatic N) is 3. The number of benzene rings is 1. The van der Waals surface area contributed by atoms with Gasteiger partial charge in [-0.15, -0.1) is 10.2 Å². The SMILES string of the molecule is Cc1ccc(NCc2nncn2C(C)C)cc1. The molecule has 0 aliphatic rings. The van der Waals surface area contributed by atoms with Crippen LogP contribution in [0.15, 0.2) is 30.6 Å².